The third-order valence-electron chi connectivity index (χ3n) is 3.48. The highest BCUT2D eigenvalue weighted by molar-refractivity contribution is 5.79. The summed E-state index contributed by atoms with van der Waals surface area (Å²) in [6, 6.07) is 12.7. The van der Waals surface area contributed by atoms with Crippen molar-refractivity contribution in [2.24, 2.45) is 0 Å². The van der Waals surface area contributed by atoms with Crippen LogP contribution >= 0.6 is 0 Å². The Bertz CT molecular complexity index is 737. The molecule has 0 spiro atoms. The van der Waals surface area contributed by atoms with Crippen LogP contribution in [0.2, 0.25) is 0 Å². The first kappa shape index (κ1) is 12.8. The minimum absolute atomic E-state index is 0.145. The summed E-state index contributed by atoms with van der Waals surface area (Å²) in [6.07, 6.45) is 5.62. The molecule has 0 fully saturated rings. The van der Waals surface area contributed by atoms with Crippen molar-refractivity contribution in [2.75, 3.05) is 7.05 Å². The van der Waals surface area contributed by atoms with E-state index in [4.69, 9.17) is 0 Å². The van der Waals surface area contributed by atoms with Gasteiger partial charge in [-0.15, -0.1) is 0 Å². The van der Waals surface area contributed by atoms with E-state index in [-0.39, 0.29) is 6.04 Å². The van der Waals surface area contributed by atoms with Crippen molar-refractivity contribution in [3.05, 3.63) is 71.7 Å². The number of hydrogen-bond acceptors (Lipinski definition) is 3. The van der Waals surface area contributed by atoms with Gasteiger partial charge in [0.05, 0.1) is 11.6 Å². The molecule has 1 N–H and O–H groups in total. The van der Waals surface area contributed by atoms with Crippen LogP contribution in [0.4, 0.5) is 0 Å². The zero-order valence-corrected chi connectivity index (χ0v) is 11.7. The van der Waals surface area contributed by atoms with Gasteiger partial charge >= 0.3 is 0 Å². The van der Waals surface area contributed by atoms with Gasteiger partial charge in [0.25, 0.3) is 0 Å². The molecule has 3 nitrogen and oxygen atoms in total. The van der Waals surface area contributed by atoms with Crippen molar-refractivity contribution < 1.29 is 0 Å². The summed E-state index contributed by atoms with van der Waals surface area (Å²) in [5, 5.41) is 4.52. The zero-order valence-electron chi connectivity index (χ0n) is 11.7. The van der Waals surface area contributed by atoms with E-state index in [1.807, 2.05) is 31.7 Å². The molecule has 2 aromatic heterocycles. The highest BCUT2D eigenvalue weighted by Crippen LogP contribution is 2.24. The average Bonchev–Trinajstić information content (AvgIpc) is 2.48. The Hall–Kier alpha value is -2.26. The van der Waals surface area contributed by atoms with Gasteiger partial charge in [-0.25, -0.2) is 0 Å². The number of aryl methyl sites for hydroxylation is 1. The van der Waals surface area contributed by atoms with Gasteiger partial charge in [0, 0.05) is 24.0 Å². The molecule has 0 aliphatic carbocycles. The van der Waals surface area contributed by atoms with Crippen LogP contribution < -0.4 is 5.32 Å². The average molecular weight is 263 g/mol. The van der Waals surface area contributed by atoms with Crippen molar-refractivity contribution in [1.29, 1.82) is 0 Å². The van der Waals surface area contributed by atoms with E-state index in [2.05, 4.69) is 52.5 Å². The first-order chi connectivity index (χ1) is 9.78. The summed E-state index contributed by atoms with van der Waals surface area (Å²) in [5.41, 5.74) is 4.59. The van der Waals surface area contributed by atoms with Crippen LogP contribution in [-0.4, -0.2) is 17.0 Å². The second-order valence-corrected chi connectivity index (χ2v) is 4.97. The fourth-order valence-corrected chi connectivity index (χ4v) is 2.54. The number of rotatable bonds is 3. The lowest BCUT2D eigenvalue weighted by molar-refractivity contribution is 0.689. The monoisotopic (exact) mass is 263 g/mol. The minimum atomic E-state index is 0.145. The molecule has 1 unspecified atom stereocenters. The molecule has 0 radical (unpaired) electrons. The van der Waals surface area contributed by atoms with Crippen molar-refractivity contribution in [3.63, 3.8) is 0 Å². The van der Waals surface area contributed by atoms with Crippen LogP contribution in [0.15, 0.2) is 55.0 Å². The van der Waals surface area contributed by atoms with Gasteiger partial charge in [0.15, 0.2) is 0 Å². The zero-order chi connectivity index (χ0) is 13.9. The SMILES string of the molecule is CNC(c1cncc(C)c1)c1ccc2ncccc2c1. The van der Waals surface area contributed by atoms with Crippen molar-refractivity contribution in [2.45, 2.75) is 13.0 Å². The Morgan fingerprint density at radius 3 is 2.75 bits per heavy atom. The highest BCUT2D eigenvalue weighted by atomic mass is 14.9. The van der Waals surface area contributed by atoms with Crippen molar-refractivity contribution in [1.82, 2.24) is 15.3 Å². The molecule has 0 amide bonds. The number of benzene rings is 1. The summed E-state index contributed by atoms with van der Waals surface area (Å²) in [7, 11) is 1.97. The number of nitrogens with zero attached hydrogens (tertiary/aromatic N) is 2. The number of fused-ring (bicyclic) bond motifs is 1. The normalized spacial score (nSPS) is 12.5. The molecule has 3 heteroatoms. The van der Waals surface area contributed by atoms with E-state index in [0.29, 0.717) is 0 Å². The lowest BCUT2D eigenvalue weighted by atomic mass is 9.98. The molecule has 3 rings (SSSR count). The summed E-state index contributed by atoms with van der Waals surface area (Å²) >= 11 is 0. The molecule has 0 bridgehead atoms. The minimum Gasteiger partial charge on any atom is -0.309 e. The van der Waals surface area contributed by atoms with Gasteiger partial charge in [-0.2, -0.15) is 0 Å². The number of pyridine rings is 2. The van der Waals surface area contributed by atoms with E-state index < -0.39 is 0 Å². The van der Waals surface area contributed by atoms with Crippen molar-refractivity contribution in [3.8, 4) is 0 Å². The lowest BCUT2D eigenvalue weighted by Gasteiger charge is -2.17. The second-order valence-electron chi connectivity index (χ2n) is 4.97. The Balaban J connectivity index is 2.07. The summed E-state index contributed by atoms with van der Waals surface area (Å²) < 4.78 is 0. The molecule has 0 saturated heterocycles. The highest BCUT2D eigenvalue weighted by Gasteiger charge is 2.13. The smallest absolute Gasteiger partial charge is 0.0702 e. The molecule has 100 valence electrons. The van der Waals surface area contributed by atoms with Gasteiger partial charge in [-0.3, -0.25) is 9.97 Å². The molecule has 0 aliphatic heterocycles. The Labute approximate surface area is 118 Å². The molecule has 2 heterocycles. The molecular formula is C17H17N3. The lowest BCUT2D eigenvalue weighted by Crippen LogP contribution is -2.18. The standard InChI is InChI=1S/C17H17N3/c1-12-8-15(11-19-10-12)17(18-2)14-5-6-16-13(9-14)4-3-7-20-16/h3-11,17-18H,1-2H3. The van der Waals surface area contributed by atoms with Gasteiger partial charge in [0.2, 0.25) is 0 Å². The first-order valence-electron chi connectivity index (χ1n) is 6.71. The molecule has 20 heavy (non-hydrogen) atoms. The fourth-order valence-electron chi connectivity index (χ4n) is 2.54. The number of aromatic nitrogens is 2. The van der Waals surface area contributed by atoms with Gasteiger partial charge < -0.3 is 5.32 Å². The quantitative estimate of drug-likeness (QED) is 0.788. The third kappa shape index (κ3) is 2.40. The molecule has 3 aromatic rings. The van der Waals surface area contributed by atoms with Crippen molar-refractivity contribution >= 4 is 10.9 Å². The molecule has 0 aliphatic rings. The number of hydrogen-bond donors (Lipinski definition) is 1. The first-order valence-corrected chi connectivity index (χ1v) is 6.71. The van der Waals surface area contributed by atoms with E-state index in [0.717, 1.165) is 10.9 Å². The Kier molecular flexibility index (Phi) is 3.44. The molecular weight excluding hydrogens is 246 g/mol. The van der Waals surface area contributed by atoms with Gasteiger partial charge in [-0.05, 0) is 48.9 Å². The van der Waals surface area contributed by atoms with E-state index in [1.54, 1.807) is 0 Å². The van der Waals surface area contributed by atoms with Crippen LogP contribution in [-0.2, 0) is 0 Å². The molecule has 1 aromatic carbocycles. The summed E-state index contributed by atoms with van der Waals surface area (Å²) in [6.45, 7) is 2.06. The third-order valence-corrected chi connectivity index (χ3v) is 3.48. The van der Waals surface area contributed by atoms with Crippen LogP contribution in [0.1, 0.15) is 22.7 Å². The summed E-state index contributed by atoms with van der Waals surface area (Å²) in [5.74, 6) is 0. The number of nitrogens with one attached hydrogen (secondary N) is 1. The molecule has 0 saturated carbocycles. The van der Waals surface area contributed by atoms with Crippen LogP contribution in [0.25, 0.3) is 10.9 Å². The Morgan fingerprint density at radius 1 is 1.05 bits per heavy atom. The van der Waals surface area contributed by atoms with E-state index in [1.165, 1.54) is 16.7 Å². The Morgan fingerprint density at radius 2 is 1.95 bits per heavy atom. The predicted octanol–water partition coefficient (Wildman–Crippen LogP) is 3.25. The maximum atomic E-state index is 4.36. The van der Waals surface area contributed by atoms with Crippen LogP contribution in [0.5, 0.6) is 0 Å². The molecule has 1 atom stereocenters. The fraction of sp³-hybridized carbons (Fsp3) is 0.176. The van der Waals surface area contributed by atoms with Gasteiger partial charge in [0.1, 0.15) is 0 Å². The maximum Gasteiger partial charge on any atom is 0.0702 e. The van der Waals surface area contributed by atoms with E-state index in [9.17, 15) is 0 Å². The van der Waals surface area contributed by atoms with Crippen LogP contribution in [0, 0.1) is 6.92 Å². The topological polar surface area (TPSA) is 37.8 Å². The summed E-state index contributed by atoms with van der Waals surface area (Å²) in [4.78, 5) is 8.65. The predicted molar refractivity (Wildman–Crippen MR) is 81.6 cm³/mol. The largest absolute Gasteiger partial charge is 0.309 e. The van der Waals surface area contributed by atoms with Gasteiger partial charge in [-0.1, -0.05) is 18.2 Å². The second kappa shape index (κ2) is 5.39. The van der Waals surface area contributed by atoms with E-state index >= 15 is 0 Å². The maximum absolute atomic E-state index is 4.36. The van der Waals surface area contributed by atoms with Crippen LogP contribution in [0.3, 0.4) is 0 Å².